The van der Waals surface area contributed by atoms with Crippen LogP contribution in [0.1, 0.15) is 26.2 Å². The third-order valence-electron chi connectivity index (χ3n) is 3.60. The second-order valence-corrected chi connectivity index (χ2v) is 5.82. The second-order valence-electron chi connectivity index (χ2n) is 4.71. The molecule has 0 saturated heterocycles. The molecule has 0 saturated carbocycles. The van der Waals surface area contributed by atoms with Gasteiger partial charge in [-0.25, -0.2) is 9.98 Å². The molecule has 1 aliphatic carbocycles. The summed E-state index contributed by atoms with van der Waals surface area (Å²) in [4.78, 5) is 32.7. The Bertz CT molecular complexity index is 536. The maximum absolute atomic E-state index is 11.9. The third kappa shape index (κ3) is 2.14. The Kier molecular flexibility index (Phi) is 3.26. The maximum atomic E-state index is 11.9. The van der Waals surface area contributed by atoms with Crippen molar-refractivity contribution in [3.05, 3.63) is 10.5 Å². The molecular formula is C13H14N2O3S. The van der Waals surface area contributed by atoms with Gasteiger partial charge in [-0.05, 0) is 36.2 Å². The van der Waals surface area contributed by atoms with Gasteiger partial charge >= 0.3 is 5.97 Å². The van der Waals surface area contributed by atoms with E-state index in [1.807, 2.05) is 0 Å². The van der Waals surface area contributed by atoms with Crippen molar-refractivity contribution in [3.8, 4) is 0 Å². The van der Waals surface area contributed by atoms with Crippen LogP contribution in [0, 0.1) is 11.8 Å². The number of allylic oxidation sites excluding steroid dienone is 1. The van der Waals surface area contributed by atoms with Crippen LogP contribution in [-0.4, -0.2) is 29.9 Å². The molecule has 6 heteroatoms. The van der Waals surface area contributed by atoms with E-state index in [0.717, 1.165) is 23.5 Å². The van der Waals surface area contributed by atoms with Gasteiger partial charge in [-0.15, -0.1) is 0 Å². The molecule has 5 nitrogen and oxygen atoms in total. The topological polar surface area (TPSA) is 68.1 Å². The van der Waals surface area contributed by atoms with Gasteiger partial charge in [0.05, 0.1) is 18.1 Å². The van der Waals surface area contributed by atoms with Crippen molar-refractivity contribution >= 4 is 35.0 Å². The molecule has 0 spiro atoms. The van der Waals surface area contributed by atoms with E-state index < -0.39 is 0 Å². The van der Waals surface area contributed by atoms with Crippen molar-refractivity contribution in [2.45, 2.75) is 26.2 Å². The maximum Gasteiger partial charge on any atom is 0.306 e. The molecular weight excluding hydrogens is 264 g/mol. The quantitative estimate of drug-likeness (QED) is 0.740. The van der Waals surface area contributed by atoms with Crippen molar-refractivity contribution in [1.82, 2.24) is 0 Å². The number of esters is 1. The van der Waals surface area contributed by atoms with Crippen molar-refractivity contribution < 1.29 is 14.3 Å². The molecule has 19 heavy (non-hydrogen) atoms. The first-order valence-corrected chi connectivity index (χ1v) is 7.22. The summed E-state index contributed by atoms with van der Waals surface area (Å²) in [6.45, 7) is 2.19. The van der Waals surface area contributed by atoms with Crippen LogP contribution < -0.4 is 0 Å². The average Bonchev–Trinajstić information content (AvgIpc) is 2.90. The summed E-state index contributed by atoms with van der Waals surface area (Å²) in [5, 5.41) is 0.818. The number of aliphatic imine (C=N–C) groups is 2. The zero-order chi connectivity index (χ0) is 13.4. The molecule has 100 valence electrons. The van der Waals surface area contributed by atoms with Gasteiger partial charge < -0.3 is 4.74 Å². The fourth-order valence-electron chi connectivity index (χ4n) is 2.85. The fourth-order valence-corrected chi connectivity index (χ4v) is 4.17. The highest BCUT2D eigenvalue weighted by Crippen LogP contribution is 2.52. The lowest BCUT2D eigenvalue weighted by atomic mass is 9.87. The number of rotatable bonds is 3. The Hall–Kier alpha value is -1.43. The molecule has 0 aromatic carbocycles. The van der Waals surface area contributed by atoms with Gasteiger partial charge in [-0.3, -0.25) is 9.59 Å². The average molecular weight is 278 g/mol. The zero-order valence-electron chi connectivity index (χ0n) is 10.6. The van der Waals surface area contributed by atoms with Gasteiger partial charge in [0.2, 0.25) is 0 Å². The van der Waals surface area contributed by atoms with E-state index in [-0.39, 0.29) is 23.7 Å². The summed E-state index contributed by atoms with van der Waals surface area (Å²) in [7, 11) is 0. The minimum Gasteiger partial charge on any atom is -0.466 e. The first-order chi connectivity index (χ1) is 9.20. The lowest BCUT2D eigenvalue weighted by molar-refractivity contribution is -0.144. The van der Waals surface area contributed by atoms with Crippen LogP contribution in [0.4, 0.5) is 0 Å². The molecule has 0 radical (unpaired) electrons. The largest absolute Gasteiger partial charge is 0.466 e. The molecule has 2 unspecified atom stereocenters. The Morgan fingerprint density at radius 1 is 1.58 bits per heavy atom. The lowest BCUT2D eigenvalue weighted by Crippen LogP contribution is -2.26. The molecule has 1 amide bonds. The van der Waals surface area contributed by atoms with Crippen LogP contribution in [0.2, 0.25) is 0 Å². The highest BCUT2D eigenvalue weighted by molar-refractivity contribution is 8.17. The van der Waals surface area contributed by atoms with Gasteiger partial charge in [0, 0.05) is 0 Å². The predicted molar refractivity (Wildman–Crippen MR) is 73.0 cm³/mol. The number of carbonyl (C=O) groups is 2. The monoisotopic (exact) mass is 278 g/mol. The van der Waals surface area contributed by atoms with E-state index in [4.69, 9.17) is 4.74 Å². The van der Waals surface area contributed by atoms with Crippen LogP contribution in [-0.2, 0) is 14.3 Å². The summed E-state index contributed by atoms with van der Waals surface area (Å²) in [6, 6.07) is 0. The molecule has 0 aromatic rings. The van der Waals surface area contributed by atoms with E-state index in [1.165, 1.54) is 11.2 Å². The van der Waals surface area contributed by atoms with Crippen molar-refractivity contribution in [3.63, 3.8) is 0 Å². The fraction of sp³-hybridized carbons (Fsp3) is 0.538. The zero-order valence-corrected chi connectivity index (χ0v) is 11.4. The van der Waals surface area contributed by atoms with Gasteiger partial charge in [-0.1, -0.05) is 11.8 Å². The van der Waals surface area contributed by atoms with Crippen LogP contribution in [0.5, 0.6) is 0 Å². The summed E-state index contributed by atoms with van der Waals surface area (Å²) in [5.74, 6) is -0.565. The van der Waals surface area contributed by atoms with E-state index in [2.05, 4.69) is 9.98 Å². The molecule has 2 aliphatic heterocycles. The smallest absolute Gasteiger partial charge is 0.306 e. The number of fused-ring (bicyclic) bond motifs is 2. The van der Waals surface area contributed by atoms with Crippen molar-refractivity contribution in [1.29, 1.82) is 0 Å². The Balaban J connectivity index is 1.80. The second kappa shape index (κ2) is 4.92. The number of carbonyl (C=O) groups excluding carboxylic acids is 2. The summed E-state index contributed by atoms with van der Waals surface area (Å²) < 4.78 is 5.00. The van der Waals surface area contributed by atoms with E-state index in [0.29, 0.717) is 13.0 Å². The lowest BCUT2D eigenvalue weighted by Gasteiger charge is -2.19. The molecule has 3 aliphatic rings. The molecule has 0 aromatic heterocycles. The summed E-state index contributed by atoms with van der Waals surface area (Å²) in [6.07, 6.45) is 3.52. The highest BCUT2D eigenvalue weighted by atomic mass is 32.2. The first kappa shape index (κ1) is 12.6. The number of thioether (sulfide) groups is 1. The van der Waals surface area contributed by atoms with E-state index >= 15 is 0 Å². The minimum absolute atomic E-state index is 0.108. The first-order valence-electron chi connectivity index (χ1n) is 6.41. The van der Waals surface area contributed by atoms with Crippen molar-refractivity contribution in [2.24, 2.45) is 21.8 Å². The Labute approximate surface area is 115 Å². The predicted octanol–water partition coefficient (Wildman–Crippen LogP) is 1.93. The standard InChI is InChI=1S/C13H14N2O3S/c1-2-18-9(16)5-7-3-4-8-10(7)11-12(17)14-6-15-13(11)19-8/h6-7,11H,2-5H2,1H3. The highest BCUT2D eigenvalue weighted by Gasteiger charge is 2.45. The number of nitrogens with zero attached hydrogens (tertiary/aromatic N) is 2. The number of amides is 1. The Morgan fingerprint density at radius 3 is 3.21 bits per heavy atom. The van der Waals surface area contributed by atoms with Gasteiger partial charge in [0.1, 0.15) is 12.3 Å². The molecule has 2 atom stereocenters. The molecule has 0 fully saturated rings. The molecule has 0 bridgehead atoms. The Morgan fingerprint density at radius 2 is 2.42 bits per heavy atom. The molecule has 0 N–H and O–H groups in total. The molecule has 2 heterocycles. The van der Waals surface area contributed by atoms with E-state index in [9.17, 15) is 9.59 Å². The summed E-state index contributed by atoms with van der Waals surface area (Å²) in [5.41, 5.74) is 1.07. The van der Waals surface area contributed by atoms with Crippen molar-refractivity contribution in [2.75, 3.05) is 6.61 Å². The van der Waals surface area contributed by atoms with Crippen LogP contribution in [0.15, 0.2) is 20.5 Å². The number of hydrogen-bond donors (Lipinski definition) is 0. The molecule has 3 rings (SSSR count). The van der Waals surface area contributed by atoms with E-state index in [1.54, 1.807) is 18.7 Å². The van der Waals surface area contributed by atoms with Crippen LogP contribution in [0.3, 0.4) is 0 Å². The van der Waals surface area contributed by atoms with Crippen LogP contribution >= 0.6 is 11.8 Å². The number of hydrogen-bond acceptors (Lipinski definition) is 5. The van der Waals surface area contributed by atoms with Gasteiger partial charge in [-0.2, -0.15) is 0 Å². The third-order valence-corrected chi connectivity index (χ3v) is 4.84. The normalized spacial score (nSPS) is 28.3. The minimum atomic E-state index is -0.327. The van der Waals surface area contributed by atoms with Crippen LogP contribution in [0.25, 0.3) is 0 Å². The number of ether oxygens (including phenoxy) is 1. The van der Waals surface area contributed by atoms with Gasteiger partial charge in [0.25, 0.3) is 5.91 Å². The SMILES string of the molecule is CCOC(=O)CC1CCC2=C1C1C(=O)N=CN=C1S2. The summed E-state index contributed by atoms with van der Waals surface area (Å²) >= 11 is 1.58. The van der Waals surface area contributed by atoms with Gasteiger partial charge in [0.15, 0.2) is 0 Å².